The van der Waals surface area contributed by atoms with Crippen LogP contribution in [-0.4, -0.2) is 10.9 Å². The first-order valence-electron chi connectivity index (χ1n) is 3.29. The third kappa shape index (κ3) is 1.82. The van der Waals surface area contributed by atoms with Crippen molar-refractivity contribution < 1.29 is 9.60 Å². The molecule has 1 N–H and O–H groups in total. The first-order valence-corrected chi connectivity index (χ1v) is 4.08. The van der Waals surface area contributed by atoms with Crippen LogP contribution in [0.15, 0.2) is 27.8 Å². The number of oxime groups is 1. The predicted octanol–water partition coefficient (Wildman–Crippen LogP) is 2.79. The van der Waals surface area contributed by atoms with Crippen molar-refractivity contribution in [1.29, 1.82) is 0 Å². The summed E-state index contributed by atoms with van der Waals surface area (Å²) in [6, 6.07) is 4.54. The Balaban J connectivity index is 3.13. The smallest absolute Gasteiger partial charge is 0.138 e. The molecule has 0 aromatic heterocycles. The zero-order valence-electron chi connectivity index (χ0n) is 6.38. The molecule has 0 saturated carbocycles. The third-order valence-corrected chi connectivity index (χ3v) is 2.13. The summed E-state index contributed by atoms with van der Waals surface area (Å²) in [5.74, 6) is -0.365. The van der Waals surface area contributed by atoms with E-state index in [1.165, 1.54) is 6.07 Å². The summed E-state index contributed by atoms with van der Waals surface area (Å²) in [5, 5.41) is 11.4. The summed E-state index contributed by atoms with van der Waals surface area (Å²) in [6.45, 7) is 1.60. The fourth-order valence-electron chi connectivity index (χ4n) is 0.779. The van der Waals surface area contributed by atoms with Crippen LogP contribution in [0.1, 0.15) is 12.5 Å². The van der Waals surface area contributed by atoms with E-state index in [2.05, 4.69) is 21.1 Å². The van der Waals surface area contributed by atoms with E-state index in [9.17, 15) is 4.39 Å². The maximum atomic E-state index is 12.9. The van der Waals surface area contributed by atoms with Crippen LogP contribution in [-0.2, 0) is 0 Å². The predicted molar refractivity (Wildman–Crippen MR) is 48.1 cm³/mol. The molecule has 0 saturated heterocycles. The molecule has 64 valence electrons. The number of hydrogen-bond acceptors (Lipinski definition) is 2. The van der Waals surface area contributed by atoms with Gasteiger partial charge in [0.05, 0.1) is 10.2 Å². The fraction of sp³-hybridized carbons (Fsp3) is 0.125. The minimum Gasteiger partial charge on any atom is -0.411 e. The Hall–Kier alpha value is -0.900. The second-order valence-corrected chi connectivity index (χ2v) is 3.17. The summed E-state index contributed by atoms with van der Waals surface area (Å²) >= 11 is 3.02. The van der Waals surface area contributed by atoms with Crippen molar-refractivity contribution in [3.05, 3.63) is 34.1 Å². The van der Waals surface area contributed by atoms with E-state index in [4.69, 9.17) is 5.21 Å². The molecule has 4 heteroatoms. The van der Waals surface area contributed by atoms with Gasteiger partial charge in [0.15, 0.2) is 0 Å². The monoisotopic (exact) mass is 231 g/mol. The molecule has 0 fully saturated rings. The van der Waals surface area contributed by atoms with E-state index in [1.807, 2.05) is 0 Å². The molecule has 1 rings (SSSR count). The molecule has 1 aromatic carbocycles. The lowest BCUT2D eigenvalue weighted by molar-refractivity contribution is 0.319. The summed E-state index contributed by atoms with van der Waals surface area (Å²) in [7, 11) is 0. The molecule has 0 heterocycles. The first-order chi connectivity index (χ1) is 5.65. The lowest BCUT2D eigenvalue weighted by Crippen LogP contribution is -1.95. The summed E-state index contributed by atoms with van der Waals surface area (Å²) in [5.41, 5.74) is 0.958. The van der Waals surface area contributed by atoms with Crippen molar-refractivity contribution in [2.24, 2.45) is 5.16 Å². The highest BCUT2D eigenvalue weighted by Gasteiger charge is 2.02. The Kier molecular flexibility index (Phi) is 2.81. The van der Waals surface area contributed by atoms with Gasteiger partial charge in [-0.15, -0.1) is 0 Å². The molecule has 1 aromatic rings. The Bertz CT molecular complexity index is 325. The van der Waals surface area contributed by atoms with Gasteiger partial charge in [-0.1, -0.05) is 11.2 Å². The van der Waals surface area contributed by atoms with E-state index in [-0.39, 0.29) is 5.82 Å². The highest BCUT2D eigenvalue weighted by atomic mass is 79.9. The zero-order chi connectivity index (χ0) is 9.14. The second-order valence-electron chi connectivity index (χ2n) is 2.31. The highest BCUT2D eigenvalue weighted by molar-refractivity contribution is 9.10. The molecule has 0 aliphatic rings. The average molecular weight is 232 g/mol. The van der Waals surface area contributed by atoms with Crippen LogP contribution >= 0.6 is 15.9 Å². The number of halogens is 2. The van der Waals surface area contributed by atoms with Crippen LogP contribution in [0.5, 0.6) is 0 Å². The molecular formula is C8H7BrFNO. The molecule has 0 radical (unpaired) electrons. The quantitative estimate of drug-likeness (QED) is 0.450. The maximum Gasteiger partial charge on any atom is 0.138 e. The fourth-order valence-corrected chi connectivity index (χ4v) is 1.03. The van der Waals surface area contributed by atoms with Crippen molar-refractivity contribution in [2.75, 3.05) is 0 Å². The molecule has 0 unspecified atom stereocenters. The molecule has 0 bridgehead atoms. The normalized spacial score (nSPS) is 11.8. The van der Waals surface area contributed by atoms with Gasteiger partial charge in [0.25, 0.3) is 0 Å². The van der Waals surface area contributed by atoms with Gasteiger partial charge in [-0.25, -0.2) is 4.39 Å². The summed E-state index contributed by atoms with van der Waals surface area (Å²) in [4.78, 5) is 0. The van der Waals surface area contributed by atoms with Gasteiger partial charge in [-0.05, 0) is 35.0 Å². The van der Waals surface area contributed by atoms with Crippen LogP contribution < -0.4 is 0 Å². The van der Waals surface area contributed by atoms with Crippen LogP contribution in [0.25, 0.3) is 0 Å². The lowest BCUT2D eigenvalue weighted by atomic mass is 10.1. The summed E-state index contributed by atoms with van der Waals surface area (Å²) in [6.07, 6.45) is 0. The van der Waals surface area contributed by atoms with Crippen LogP contribution in [0.3, 0.4) is 0 Å². The molecule has 0 amide bonds. The number of rotatable bonds is 1. The van der Waals surface area contributed by atoms with Gasteiger partial charge in [0.1, 0.15) is 5.82 Å². The van der Waals surface area contributed by atoms with E-state index < -0.39 is 0 Å². The van der Waals surface area contributed by atoms with Crippen molar-refractivity contribution in [3.63, 3.8) is 0 Å². The first kappa shape index (κ1) is 9.19. The van der Waals surface area contributed by atoms with Gasteiger partial charge >= 0.3 is 0 Å². The Morgan fingerprint density at radius 2 is 2.25 bits per heavy atom. The third-order valence-electron chi connectivity index (χ3n) is 1.49. The average Bonchev–Trinajstić information content (AvgIpc) is 2.08. The minimum atomic E-state index is -0.365. The van der Waals surface area contributed by atoms with Crippen LogP contribution in [0, 0.1) is 5.82 Å². The van der Waals surface area contributed by atoms with E-state index in [0.29, 0.717) is 15.7 Å². The number of nitrogens with zero attached hydrogens (tertiary/aromatic N) is 1. The second kappa shape index (κ2) is 3.67. The lowest BCUT2D eigenvalue weighted by Gasteiger charge is -1.99. The highest BCUT2D eigenvalue weighted by Crippen LogP contribution is 2.16. The Morgan fingerprint density at radius 1 is 1.58 bits per heavy atom. The Labute approximate surface area is 77.8 Å². The molecule has 12 heavy (non-hydrogen) atoms. The summed E-state index contributed by atoms with van der Waals surface area (Å²) < 4.78 is 13.3. The number of hydrogen-bond donors (Lipinski definition) is 1. The van der Waals surface area contributed by atoms with Gasteiger partial charge in [-0.3, -0.25) is 0 Å². The minimum absolute atomic E-state index is 0.365. The largest absolute Gasteiger partial charge is 0.411 e. The molecule has 0 atom stereocenters. The van der Waals surface area contributed by atoms with Crippen LogP contribution in [0.2, 0.25) is 0 Å². The molecule has 0 aliphatic carbocycles. The molecule has 2 nitrogen and oxygen atoms in total. The zero-order valence-corrected chi connectivity index (χ0v) is 7.97. The SMILES string of the molecule is C/C(=N\O)c1ccc(Br)c(F)c1. The van der Waals surface area contributed by atoms with Gasteiger partial charge in [-0.2, -0.15) is 0 Å². The van der Waals surface area contributed by atoms with Crippen molar-refractivity contribution in [1.82, 2.24) is 0 Å². The Morgan fingerprint density at radius 3 is 2.75 bits per heavy atom. The number of benzene rings is 1. The maximum absolute atomic E-state index is 12.9. The topological polar surface area (TPSA) is 32.6 Å². The van der Waals surface area contributed by atoms with Gasteiger partial charge < -0.3 is 5.21 Å². The molecule has 0 spiro atoms. The van der Waals surface area contributed by atoms with E-state index >= 15 is 0 Å². The van der Waals surface area contributed by atoms with E-state index in [1.54, 1.807) is 19.1 Å². The van der Waals surface area contributed by atoms with Gasteiger partial charge in [0.2, 0.25) is 0 Å². The van der Waals surface area contributed by atoms with Crippen molar-refractivity contribution in [3.8, 4) is 0 Å². The van der Waals surface area contributed by atoms with Gasteiger partial charge in [0, 0.05) is 5.56 Å². The van der Waals surface area contributed by atoms with E-state index in [0.717, 1.165) is 0 Å². The van der Waals surface area contributed by atoms with Crippen molar-refractivity contribution >= 4 is 21.6 Å². The molecular weight excluding hydrogens is 225 g/mol. The molecule has 0 aliphatic heterocycles. The van der Waals surface area contributed by atoms with Crippen molar-refractivity contribution in [2.45, 2.75) is 6.92 Å². The standard InChI is InChI=1S/C8H7BrFNO/c1-5(11-12)6-2-3-7(9)8(10)4-6/h2-4,12H,1H3/b11-5+. The van der Waals surface area contributed by atoms with Crippen LogP contribution in [0.4, 0.5) is 4.39 Å².